The number of para-hydroxylation sites is 1. The predicted octanol–water partition coefficient (Wildman–Crippen LogP) is 3.45. The lowest BCUT2D eigenvalue weighted by atomic mass is 10.0. The van der Waals surface area contributed by atoms with Gasteiger partial charge < -0.3 is 10.1 Å². The summed E-state index contributed by atoms with van der Waals surface area (Å²) >= 11 is 0. The average Bonchev–Trinajstić information content (AvgIpc) is 2.94. The van der Waals surface area contributed by atoms with E-state index < -0.39 is 0 Å². The molecule has 2 heteroatoms. The van der Waals surface area contributed by atoms with Gasteiger partial charge in [0.1, 0.15) is 5.75 Å². The quantitative estimate of drug-likeness (QED) is 0.901. The second kappa shape index (κ2) is 5.35. The third-order valence-electron chi connectivity index (χ3n) is 3.75. The van der Waals surface area contributed by atoms with Gasteiger partial charge in [-0.25, -0.2) is 0 Å². The Hall–Kier alpha value is -1.96. The molecule has 1 aliphatic rings. The van der Waals surface area contributed by atoms with Crippen molar-refractivity contribution in [2.45, 2.75) is 19.3 Å². The average molecular weight is 253 g/mol. The summed E-state index contributed by atoms with van der Waals surface area (Å²) < 4.78 is 5.27. The fourth-order valence-corrected chi connectivity index (χ4v) is 2.73. The monoisotopic (exact) mass is 253 g/mol. The van der Waals surface area contributed by atoms with Crippen LogP contribution in [0, 0.1) is 0 Å². The lowest BCUT2D eigenvalue weighted by Crippen LogP contribution is -1.98. The Balaban J connectivity index is 1.74. The van der Waals surface area contributed by atoms with E-state index >= 15 is 0 Å². The van der Waals surface area contributed by atoms with Crippen molar-refractivity contribution in [1.82, 2.24) is 0 Å². The number of aryl methyl sites for hydroxylation is 2. The summed E-state index contributed by atoms with van der Waals surface area (Å²) in [5.41, 5.74) is 5.58. The SMILES string of the molecule is COc1cccc(CCc2cccc3c2NCC3)c1. The topological polar surface area (TPSA) is 21.3 Å². The molecule has 0 saturated carbocycles. The highest BCUT2D eigenvalue weighted by Gasteiger charge is 2.13. The predicted molar refractivity (Wildman–Crippen MR) is 79.0 cm³/mol. The molecule has 0 aromatic heterocycles. The van der Waals surface area contributed by atoms with E-state index in [9.17, 15) is 0 Å². The van der Waals surface area contributed by atoms with E-state index in [4.69, 9.17) is 4.74 Å². The molecule has 0 spiro atoms. The van der Waals surface area contributed by atoms with Gasteiger partial charge in [-0.15, -0.1) is 0 Å². The van der Waals surface area contributed by atoms with Gasteiger partial charge >= 0.3 is 0 Å². The van der Waals surface area contributed by atoms with Gasteiger partial charge in [0.25, 0.3) is 0 Å². The van der Waals surface area contributed by atoms with Gasteiger partial charge in [-0.1, -0.05) is 30.3 Å². The Labute approximate surface area is 114 Å². The Bertz CT molecular complexity index is 577. The number of hydrogen-bond acceptors (Lipinski definition) is 2. The van der Waals surface area contributed by atoms with Crippen molar-refractivity contribution in [2.24, 2.45) is 0 Å². The standard InChI is InChI=1S/C17H19NO/c1-19-16-7-2-4-13(12-16)8-9-14-5-3-6-15-10-11-18-17(14)15/h2-7,12,18H,8-11H2,1H3. The van der Waals surface area contributed by atoms with Crippen LogP contribution in [0.4, 0.5) is 5.69 Å². The van der Waals surface area contributed by atoms with E-state index in [0.717, 1.165) is 31.6 Å². The maximum absolute atomic E-state index is 5.27. The van der Waals surface area contributed by atoms with Crippen molar-refractivity contribution in [3.05, 3.63) is 59.2 Å². The summed E-state index contributed by atoms with van der Waals surface area (Å²) in [6.45, 7) is 1.07. The van der Waals surface area contributed by atoms with Crippen molar-refractivity contribution >= 4 is 5.69 Å². The van der Waals surface area contributed by atoms with Gasteiger partial charge in [0.2, 0.25) is 0 Å². The summed E-state index contributed by atoms with van der Waals surface area (Å²) in [6, 6.07) is 15.0. The molecule has 3 rings (SSSR count). The molecule has 0 amide bonds. The molecular formula is C17H19NO. The molecule has 0 fully saturated rings. The minimum atomic E-state index is 0.939. The van der Waals surface area contributed by atoms with Crippen LogP contribution in [0.3, 0.4) is 0 Å². The molecule has 98 valence electrons. The van der Waals surface area contributed by atoms with Crippen molar-refractivity contribution < 1.29 is 4.74 Å². The first-order chi connectivity index (χ1) is 9.36. The van der Waals surface area contributed by atoms with E-state index in [-0.39, 0.29) is 0 Å². The first-order valence-corrected chi connectivity index (χ1v) is 6.84. The fraction of sp³-hybridized carbons (Fsp3) is 0.294. The molecule has 0 aliphatic carbocycles. The Morgan fingerprint density at radius 3 is 2.89 bits per heavy atom. The maximum Gasteiger partial charge on any atom is 0.119 e. The highest BCUT2D eigenvalue weighted by atomic mass is 16.5. The molecule has 1 aliphatic heterocycles. The molecule has 0 saturated heterocycles. The number of nitrogens with one attached hydrogen (secondary N) is 1. The van der Waals surface area contributed by atoms with Crippen LogP contribution in [0.2, 0.25) is 0 Å². The minimum absolute atomic E-state index is 0.939. The zero-order valence-electron chi connectivity index (χ0n) is 11.3. The second-order valence-electron chi connectivity index (χ2n) is 4.98. The summed E-state index contributed by atoms with van der Waals surface area (Å²) in [5, 5.41) is 3.50. The lowest BCUT2D eigenvalue weighted by Gasteiger charge is -2.09. The van der Waals surface area contributed by atoms with E-state index in [2.05, 4.69) is 41.7 Å². The highest BCUT2D eigenvalue weighted by Crippen LogP contribution is 2.27. The molecule has 2 nitrogen and oxygen atoms in total. The highest BCUT2D eigenvalue weighted by molar-refractivity contribution is 5.61. The molecular weight excluding hydrogens is 234 g/mol. The van der Waals surface area contributed by atoms with Crippen molar-refractivity contribution in [3.63, 3.8) is 0 Å². The number of rotatable bonds is 4. The van der Waals surface area contributed by atoms with Gasteiger partial charge in [-0.3, -0.25) is 0 Å². The summed E-state index contributed by atoms with van der Waals surface area (Å²) in [5.74, 6) is 0.939. The first kappa shape index (κ1) is 12.1. The zero-order chi connectivity index (χ0) is 13.1. The normalized spacial score (nSPS) is 12.9. The molecule has 1 N–H and O–H groups in total. The Morgan fingerprint density at radius 1 is 1.11 bits per heavy atom. The van der Waals surface area contributed by atoms with Crippen LogP contribution in [0.1, 0.15) is 16.7 Å². The van der Waals surface area contributed by atoms with E-state index in [1.165, 1.54) is 22.4 Å². The van der Waals surface area contributed by atoms with Crippen LogP contribution >= 0.6 is 0 Å². The number of ether oxygens (including phenoxy) is 1. The van der Waals surface area contributed by atoms with Gasteiger partial charge in [0.05, 0.1) is 7.11 Å². The molecule has 0 atom stereocenters. The minimum Gasteiger partial charge on any atom is -0.497 e. The smallest absolute Gasteiger partial charge is 0.119 e. The third-order valence-corrected chi connectivity index (χ3v) is 3.75. The fourth-order valence-electron chi connectivity index (χ4n) is 2.73. The van der Waals surface area contributed by atoms with Crippen LogP contribution in [0.25, 0.3) is 0 Å². The summed E-state index contributed by atoms with van der Waals surface area (Å²) in [6.07, 6.45) is 3.28. The molecule has 2 aromatic carbocycles. The Kier molecular flexibility index (Phi) is 3.41. The van der Waals surface area contributed by atoms with Crippen molar-refractivity contribution in [1.29, 1.82) is 0 Å². The maximum atomic E-state index is 5.27. The van der Waals surface area contributed by atoms with E-state index in [1.54, 1.807) is 7.11 Å². The molecule has 1 heterocycles. The number of benzene rings is 2. The summed E-state index contributed by atoms with van der Waals surface area (Å²) in [4.78, 5) is 0. The number of fused-ring (bicyclic) bond motifs is 1. The molecule has 0 bridgehead atoms. The number of methoxy groups -OCH3 is 1. The van der Waals surface area contributed by atoms with E-state index in [1.807, 2.05) is 6.07 Å². The molecule has 0 unspecified atom stereocenters. The first-order valence-electron chi connectivity index (χ1n) is 6.84. The largest absolute Gasteiger partial charge is 0.497 e. The van der Waals surface area contributed by atoms with Crippen LogP contribution in [0.15, 0.2) is 42.5 Å². The van der Waals surface area contributed by atoms with Gasteiger partial charge in [0, 0.05) is 12.2 Å². The van der Waals surface area contributed by atoms with E-state index in [0.29, 0.717) is 0 Å². The van der Waals surface area contributed by atoms with Crippen LogP contribution in [-0.2, 0) is 19.3 Å². The van der Waals surface area contributed by atoms with Gasteiger partial charge in [0.15, 0.2) is 0 Å². The lowest BCUT2D eigenvalue weighted by molar-refractivity contribution is 0.414. The van der Waals surface area contributed by atoms with Crippen LogP contribution in [-0.4, -0.2) is 13.7 Å². The zero-order valence-corrected chi connectivity index (χ0v) is 11.3. The third kappa shape index (κ3) is 2.58. The second-order valence-corrected chi connectivity index (χ2v) is 4.98. The molecule has 19 heavy (non-hydrogen) atoms. The van der Waals surface area contributed by atoms with Crippen molar-refractivity contribution in [2.75, 3.05) is 19.0 Å². The van der Waals surface area contributed by atoms with Gasteiger partial charge in [-0.05, 0) is 48.1 Å². The van der Waals surface area contributed by atoms with Crippen LogP contribution < -0.4 is 10.1 Å². The molecule has 0 radical (unpaired) electrons. The number of anilines is 1. The number of hydrogen-bond donors (Lipinski definition) is 1. The molecule has 2 aromatic rings. The van der Waals surface area contributed by atoms with Crippen LogP contribution in [0.5, 0.6) is 5.75 Å². The summed E-state index contributed by atoms with van der Waals surface area (Å²) in [7, 11) is 1.72. The van der Waals surface area contributed by atoms with Gasteiger partial charge in [-0.2, -0.15) is 0 Å². The van der Waals surface area contributed by atoms with Crippen molar-refractivity contribution in [3.8, 4) is 5.75 Å². The Morgan fingerprint density at radius 2 is 2.00 bits per heavy atom.